The predicted molar refractivity (Wildman–Crippen MR) is 90.8 cm³/mol. The topological polar surface area (TPSA) is 49.4 Å². The van der Waals surface area contributed by atoms with Gasteiger partial charge in [-0.1, -0.05) is 0 Å². The Bertz CT molecular complexity index is 732. The van der Waals surface area contributed by atoms with Gasteiger partial charge < -0.3 is 28.6 Å². The molecule has 0 amide bonds. The molecular weight excluding hydrogens is 310 g/mol. The van der Waals surface area contributed by atoms with Gasteiger partial charge in [-0.3, -0.25) is 0 Å². The van der Waals surface area contributed by atoms with E-state index in [1.54, 1.807) is 28.4 Å². The van der Waals surface area contributed by atoms with E-state index in [-0.39, 0.29) is 0 Å². The van der Waals surface area contributed by atoms with E-state index in [2.05, 4.69) is 4.90 Å². The molecule has 6 nitrogen and oxygen atoms in total. The van der Waals surface area contributed by atoms with Crippen molar-refractivity contribution in [2.75, 3.05) is 40.1 Å². The second-order valence-corrected chi connectivity index (χ2v) is 5.33. The van der Waals surface area contributed by atoms with Crippen LogP contribution >= 0.6 is 0 Å². The first kappa shape index (κ1) is 16.1. The Morgan fingerprint density at radius 2 is 1.42 bits per heavy atom. The molecule has 0 saturated carbocycles. The fourth-order valence-corrected chi connectivity index (χ4v) is 2.75. The van der Waals surface area contributed by atoms with Crippen LogP contribution in [0.4, 0.5) is 5.69 Å². The van der Waals surface area contributed by atoms with Gasteiger partial charge in [-0.05, 0) is 18.2 Å². The summed E-state index contributed by atoms with van der Waals surface area (Å²) in [7, 11) is 6.49. The van der Waals surface area contributed by atoms with Crippen LogP contribution in [0.25, 0.3) is 0 Å². The average Bonchev–Trinajstić information content (AvgIpc) is 2.65. The van der Waals surface area contributed by atoms with Gasteiger partial charge in [-0.25, -0.2) is 0 Å². The van der Waals surface area contributed by atoms with Crippen molar-refractivity contribution in [3.05, 3.63) is 35.9 Å². The zero-order valence-corrected chi connectivity index (χ0v) is 14.3. The number of fused-ring (bicyclic) bond motifs is 1. The number of benzene rings is 2. The fourth-order valence-electron chi connectivity index (χ4n) is 2.75. The van der Waals surface area contributed by atoms with Gasteiger partial charge in [0.15, 0.2) is 29.7 Å². The van der Waals surface area contributed by atoms with Crippen LogP contribution in [0.2, 0.25) is 0 Å². The van der Waals surface area contributed by atoms with Gasteiger partial charge in [0.05, 0.1) is 28.4 Å². The molecule has 6 heteroatoms. The van der Waals surface area contributed by atoms with E-state index in [1.165, 1.54) is 0 Å². The number of ether oxygens (including phenoxy) is 5. The smallest absolute Gasteiger partial charge is 0.164 e. The van der Waals surface area contributed by atoms with Gasteiger partial charge in [0.1, 0.15) is 5.75 Å². The number of anilines is 1. The van der Waals surface area contributed by atoms with Crippen LogP contribution < -0.4 is 28.6 Å². The predicted octanol–water partition coefficient (Wildman–Crippen LogP) is 3.08. The molecule has 1 heterocycles. The van der Waals surface area contributed by atoms with E-state index in [9.17, 15) is 0 Å². The molecule has 2 aromatic rings. The molecule has 0 fully saturated rings. The maximum absolute atomic E-state index is 5.88. The highest BCUT2D eigenvalue weighted by Crippen LogP contribution is 2.39. The van der Waals surface area contributed by atoms with Gasteiger partial charge in [0.2, 0.25) is 0 Å². The van der Waals surface area contributed by atoms with Gasteiger partial charge in [-0.15, -0.1) is 0 Å². The lowest BCUT2D eigenvalue weighted by Gasteiger charge is -2.31. The molecule has 0 spiro atoms. The quantitative estimate of drug-likeness (QED) is 0.839. The summed E-state index contributed by atoms with van der Waals surface area (Å²) in [5.74, 6) is 3.55. The summed E-state index contributed by atoms with van der Waals surface area (Å²) in [4.78, 5) is 2.11. The second-order valence-electron chi connectivity index (χ2n) is 5.33. The van der Waals surface area contributed by atoms with Crippen molar-refractivity contribution < 1.29 is 23.7 Å². The third kappa shape index (κ3) is 2.87. The lowest BCUT2D eigenvalue weighted by atomic mass is 10.1. The molecular formula is C18H21NO5. The van der Waals surface area contributed by atoms with E-state index in [0.29, 0.717) is 36.3 Å². The van der Waals surface area contributed by atoms with E-state index >= 15 is 0 Å². The minimum atomic E-state index is 0.442. The standard InChI is InChI=1S/C18H21NO5/c1-20-14-6-5-13(8-17(14)22-3)19-10-12-7-16(21-2)18(23-4)9-15(12)24-11-19/h5-9H,10-11H2,1-4H3. The third-order valence-electron chi connectivity index (χ3n) is 4.04. The third-order valence-corrected chi connectivity index (χ3v) is 4.04. The Morgan fingerprint density at radius 1 is 0.792 bits per heavy atom. The average molecular weight is 331 g/mol. The van der Waals surface area contributed by atoms with E-state index in [4.69, 9.17) is 23.7 Å². The molecule has 2 aromatic carbocycles. The van der Waals surface area contributed by atoms with E-state index in [1.807, 2.05) is 30.3 Å². The van der Waals surface area contributed by atoms with Crippen LogP contribution in [0.15, 0.2) is 30.3 Å². The maximum Gasteiger partial charge on any atom is 0.164 e. The van der Waals surface area contributed by atoms with Crippen LogP contribution in [0, 0.1) is 0 Å². The molecule has 3 rings (SSSR count). The van der Waals surface area contributed by atoms with Crippen LogP contribution in [-0.2, 0) is 6.54 Å². The molecule has 0 bridgehead atoms. The number of hydrogen-bond donors (Lipinski definition) is 0. The summed E-state index contributed by atoms with van der Waals surface area (Å²) in [5, 5.41) is 0. The lowest BCUT2D eigenvalue weighted by molar-refractivity contribution is 0.283. The number of methoxy groups -OCH3 is 4. The number of hydrogen-bond acceptors (Lipinski definition) is 6. The van der Waals surface area contributed by atoms with Gasteiger partial charge >= 0.3 is 0 Å². The molecule has 0 unspecified atom stereocenters. The summed E-state index contributed by atoms with van der Waals surface area (Å²) in [6.45, 7) is 1.14. The highest BCUT2D eigenvalue weighted by atomic mass is 16.5. The van der Waals surface area contributed by atoms with Crippen molar-refractivity contribution in [3.63, 3.8) is 0 Å². The summed E-state index contributed by atoms with van der Waals surface area (Å²) < 4.78 is 27.2. The number of nitrogens with zero attached hydrogens (tertiary/aromatic N) is 1. The summed E-state index contributed by atoms with van der Waals surface area (Å²) in [6.07, 6.45) is 0. The first-order valence-electron chi connectivity index (χ1n) is 7.54. The minimum Gasteiger partial charge on any atom is -0.493 e. The van der Waals surface area contributed by atoms with Crippen molar-refractivity contribution in [1.29, 1.82) is 0 Å². The van der Waals surface area contributed by atoms with Crippen LogP contribution in [0.1, 0.15) is 5.56 Å². The Morgan fingerprint density at radius 3 is 2.08 bits per heavy atom. The van der Waals surface area contributed by atoms with Crippen LogP contribution in [0.3, 0.4) is 0 Å². The normalized spacial score (nSPS) is 12.9. The first-order valence-corrected chi connectivity index (χ1v) is 7.54. The highest BCUT2D eigenvalue weighted by molar-refractivity contribution is 5.59. The summed E-state index contributed by atoms with van der Waals surface area (Å²) >= 11 is 0. The Hall–Kier alpha value is -2.76. The zero-order chi connectivity index (χ0) is 17.1. The monoisotopic (exact) mass is 331 g/mol. The highest BCUT2D eigenvalue weighted by Gasteiger charge is 2.21. The van der Waals surface area contributed by atoms with Crippen molar-refractivity contribution in [1.82, 2.24) is 0 Å². The Kier molecular flexibility index (Phi) is 4.55. The largest absolute Gasteiger partial charge is 0.493 e. The first-order chi connectivity index (χ1) is 11.7. The molecule has 24 heavy (non-hydrogen) atoms. The molecule has 1 aliphatic heterocycles. The fraction of sp³-hybridized carbons (Fsp3) is 0.333. The summed E-state index contributed by atoms with van der Waals surface area (Å²) in [6, 6.07) is 9.61. The minimum absolute atomic E-state index is 0.442. The Balaban J connectivity index is 1.89. The molecule has 0 aromatic heterocycles. The van der Waals surface area contributed by atoms with Crippen LogP contribution in [-0.4, -0.2) is 35.2 Å². The van der Waals surface area contributed by atoms with Gasteiger partial charge in [0, 0.05) is 29.9 Å². The molecule has 128 valence electrons. The Labute approximate surface area is 141 Å². The van der Waals surface area contributed by atoms with E-state index < -0.39 is 0 Å². The van der Waals surface area contributed by atoms with E-state index in [0.717, 1.165) is 17.0 Å². The SMILES string of the molecule is COc1ccc(N2COc3cc(OC)c(OC)cc3C2)cc1OC. The maximum atomic E-state index is 5.88. The van der Waals surface area contributed by atoms with Crippen LogP contribution in [0.5, 0.6) is 28.7 Å². The molecule has 0 radical (unpaired) electrons. The van der Waals surface area contributed by atoms with Crippen molar-refractivity contribution in [2.24, 2.45) is 0 Å². The summed E-state index contributed by atoms with van der Waals surface area (Å²) in [5.41, 5.74) is 2.03. The molecule has 0 atom stereocenters. The lowest BCUT2D eigenvalue weighted by Crippen LogP contribution is -2.31. The molecule has 0 N–H and O–H groups in total. The second kappa shape index (κ2) is 6.78. The van der Waals surface area contributed by atoms with Gasteiger partial charge in [0.25, 0.3) is 0 Å². The number of rotatable bonds is 5. The van der Waals surface area contributed by atoms with Crippen molar-refractivity contribution in [3.8, 4) is 28.7 Å². The molecule has 0 aliphatic carbocycles. The molecule has 0 saturated heterocycles. The van der Waals surface area contributed by atoms with Crippen molar-refractivity contribution in [2.45, 2.75) is 6.54 Å². The van der Waals surface area contributed by atoms with Crippen molar-refractivity contribution >= 4 is 5.69 Å². The van der Waals surface area contributed by atoms with Gasteiger partial charge in [-0.2, -0.15) is 0 Å². The molecule has 1 aliphatic rings. The zero-order valence-electron chi connectivity index (χ0n) is 14.3.